The van der Waals surface area contributed by atoms with Crippen LogP contribution in [0.25, 0.3) is 22.1 Å². The van der Waals surface area contributed by atoms with E-state index in [-0.39, 0.29) is 45.3 Å². The quantitative estimate of drug-likeness (QED) is 0.221. The van der Waals surface area contributed by atoms with Gasteiger partial charge in [0.05, 0.1) is 39.4 Å². The van der Waals surface area contributed by atoms with Gasteiger partial charge in [-0.05, 0) is 42.0 Å². The summed E-state index contributed by atoms with van der Waals surface area (Å²) in [5, 5.41) is -0.155. The summed E-state index contributed by atoms with van der Waals surface area (Å²) in [6.45, 7) is 0. The fraction of sp³-hybridized carbons (Fsp3) is 0.185. The summed E-state index contributed by atoms with van der Waals surface area (Å²) in [4.78, 5) is 26.2. The first-order valence-corrected chi connectivity index (χ1v) is 11.0. The molecule has 0 N–H and O–H groups in total. The molecular weight excluding hydrogens is 509 g/mol. The summed E-state index contributed by atoms with van der Waals surface area (Å²) in [6, 6.07) is 12.1. The van der Waals surface area contributed by atoms with Crippen LogP contribution in [0.1, 0.15) is 16.1 Å². The first-order valence-electron chi connectivity index (χ1n) is 11.0. The van der Waals surface area contributed by atoms with Crippen molar-refractivity contribution in [1.29, 1.82) is 0 Å². The van der Waals surface area contributed by atoms with Crippen molar-refractivity contribution in [2.75, 3.05) is 28.4 Å². The number of ether oxygens (including phenoxy) is 5. The number of carbonyl (C=O) groups excluding carboxylic acids is 1. The van der Waals surface area contributed by atoms with Crippen LogP contribution in [0.4, 0.5) is 13.2 Å². The van der Waals surface area contributed by atoms with Crippen molar-refractivity contribution >= 4 is 16.9 Å². The van der Waals surface area contributed by atoms with Gasteiger partial charge in [-0.15, -0.1) is 0 Å². The molecule has 0 spiro atoms. The minimum atomic E-state index is -5.02. The lowest BCUT2D eigenvalue weighted by Crippen LogP contribution is -2.16. The fourth-order valence-corrected chi connectivity index (χ4v) is 3.90. The molecule has 0 fully saturated rings. The molecule has 198 valence electrons. The Kier molecular flexibility index (Phi) is 7.20. The Morgan fingerprint density at radius 3 is 2.00 bits per heavy atom. The number of carbonyl (C=O) groups is 1. The van der Waals surface area contributed by atoms with Crippen molar-refractivity contribution < 1.29 is 46.1 Å². The molecule has 0 atom stereocenters. The third-order valence-corrected chi connectivity index (χ3v) is 5.64. The van der Waals surface area contributed by atoms with Crippen LogP contribution in [0.5, 0.6) is 28.7 Å². The Hall–Kier alpha value is -4.67. The second-order valence-electron chi connectivity index (χ2n) is 7.79. The largest absolute Gasteiger partial charge is 0.496 e. The van der Waals surface area contributed by atoms with Crippen molar-refractivity contribution in [3.8, 4) is 39.9 Å². The second-order valence-corrected chi connectivity index (χ2v) is 7.79. The molecule has 0 saturated carbocycles. The summed E-state index contributed by atoms with van der Waals surface area (Å²) in [5.41, 5.74) is -2.17. The SMILES string of the molecule is COc1ccc(-c2c(C(F)(F)F)oc3cc(OC(=O)c4c(OC)cccc4OC)ccc3c2=O)cc1OC. The van der Waals surface area contributed by atoms with Gasteiger partial charge in [-0.1, -0.05) is 12.1 Å². The zero-order chi connectivity index (χ0) is 27.6. The van der Waals surface area contributed by atoms with E-state index in [1.807, 2.05) is 0 Å². The molecule has 4 rings (SSSR count). The Labute approximate surface area is 214 Å². The van der Waals surface area contributed by atoms with Gasteiger partial charge < -0.3 is 28.1 Å². The Balaban J connectivity index is 1.84. The molecule has 0 aliphatic rings. The van der Waals surface area contributed by atoms with Crippen molar-refractivity contribution in [3.63, 3.8) is 0 Å². The zero-order valence-corrected chi connectivity index (χ0v) is 20.6. The van der Waals surface area contributed by atoms with Crippen LogP contribution >= 0.6 is 0 Å². The van der Waals surface area contributed by atoms with Gasteiger partial charge in [-0.3, -0.25) is 4.79 Å². The highest BCUT2D eigenvalue weighted by molar-refractivity contribution is 5.97. The predicted molar refractivity (Wildman–Crippen MR) is 131 cm³/mol. The number of rotatable bonds is 7. The minimum absolute atomic E-state index is 0.0289. The summed E-state index contributed by atoms with van der Waals surface area (Å²) in [6.07, 6.45) is -5.02. The van der Waals surface area contributed by atoms with Gasteiger partial charge in [0.25, 0.3) is 0 Å². The van der Waals surface area contributed by atoms with Crippen LogP contribution in [-0.4, -0.2) is 34.4 Å². The van der Waals surface area contributed by atoms with E-state index in [1.54, 1.807) is 6.07 Å². The lowest BCUT2D eigenvalue weighted by atomic mass is 10.0. The Morgan fingerprint density at radius 2 is 1.42 bits per heavy atom. The van der Waals surface area contributed by atoms with Crippen molar-refractivity contribution in [2.45, 2.75) is 6.18 Å². The van der Waals surface area contributed by atoms with E-state index >= 15 is 0 Å². The maximum Gasteiger partial charge on any atom is 0.450 e. The van der Waals surface area contributed by atoms with E-state index in [4.69, 9.17) is 28.1 Å². The maximum absolute atomic E-state index is 14.1. The molecule has 0 aliphatic heterocycles. The van der Waals surface area contributed by atoms with Crippen molar-refractivity contribution in [1.82, 2.24) is 0 Å². The molecule has 0 saturated heterocycles. The highest BCUT2D eigenvalue weighted by atomic mass is 19.4. The van der Waals surface area contributed by atoms with Crippen molar-refractivity contribution in [2.24, 2.45) is 0 Å². The molecule has 8 nitrogen and oxygen atoms in total. The molecule has 4 aromatic rings. The third kappa shape index (κ3) is 4.82. The van der Waals surface area contributed by atoms with Gasteiger partial charge in [0.2, 0.25) is 11.2 Å². The number of alkyl halides is 3. The van der Waals surface area contributed by atoms with Crippen molar-refractivity contribution in [3.05, 3.63) is 76.1 Å². The van der Waals surface area contributed by atoms with E-state index in [2.05, 4.69) is 0 Å². The lowest BCUT2D eigenvalue weighted by Gasteiger charge is -2.15. The first-order chi connectivity index (χ1) is 18.1. The average Bonchev–Trinajstić information content (AvgIpc) is 2.91. The molecule has 38 heavy (non-hydrogen) atoms. The minimum Gasteiger partial charge on any atom is -0.496 e. The molecule has 11 heteroatoms. The fourth-order valence-electron chi connectivity index (χ4n) is 3.90. The average molecular weight is 530 g/mol. The standard InChI is InChI=1S/C27H21F3O8/c1-33-17-11-8-14(12-21(17)36-4)22-24(31)16-10-9-15(13-20(16)38-25(22)27(28,29)30)37-26(32)23-18(34-2)6-5-7-19(23)35-3/h5-13H,1-4H3. The van der Waals surface area contributed by atoms with Crippen LogP contribution in [-0.2, 0) is 6.18 Å². The van der Waals surface area contributed by atoms with E-state index in [9.17, 15) is 22.8 Å². The van der Waals surface area contributed by atoms with Gasteiger partial charge in [0.1, 0.15) is 28.4 Å². The van der Waals surface area contributed by atoms with E-state index in [0.29, 0.717) is 0 Å². The van der Waals surface area contributed by atoms with Crippen LogP contribution in [0.3, 0.4) is 0 Å². The smallest absolute Gasteiger partial charge is 0.450 e. The molecule has 0 amide bonds. The molecule has 1 heterocycles. The summed E-state index contributed by atoms with van der Waals surface area (Å²) in [7, 11) is 5.39. The lowest BCUT2D eigenvalue weighted by molar-refractivity contribution is -0.152. The van der Waals surface area contributed by atoms with E-state index < -0.39 is 34.5 Å². The Bertz CT molecular complexity index is 1550. The number of hydrogen-bond acceptors (Lipinski definition) is 8. The monoisotopic (exact) mass is 530 g/mol. The Morgan fingerprint density at radius 1 is 0.789 bits per heavy atom. The maximum atomic E-state index is 14.1. The van der Waals surface area contributed by atoms with Crippen LogP contribution in [0, 0.1) is 0 Å². The number of fused-ring (bicyclic) bond motifs is 1. The predicted octanol–water partition coefficient (Wildman–Crippen LogP) is 5.73. The number of methoxy groups -OCH3 is 4. The summed E-state index contributed by atoms with van der Waals surface area (Å²) < 4.78 is 73.4. The van der Waals surface area contributed by atoms with Gasteiger partial charge in [-0.25, -0.2) is 4.79 Å². The molecule has 0 unspecified atom stereocenters. The zero-order valence-electron chi connectivity index (χ0n) is 20.6. The normalized spacial score (nSPS) is 11.2. The number of halogens is 3. The second kappa shape index (κ2) is 10.4. The highest BCUT2D eigenvalue weighted by Gasteiger charge is 2.39. The van der Waals surface area contributed by atoms with Crippen LogP contribution in [0.15, 0.2) is 63.8 Å². The van der Waals surface area contributed by atoms with Gasteiger partial charge in [-0.2, -0.15) is 13.2 Å². The molecular formula is C27H21F3O8. The number of benzene rings is 3. The number of hydrogen-bond donors (Lipinski definition) is 0. The number of esters is 1. The topological polar surface area (TPSA) is 93.4 Å². The molecule has 1 aromatic heterocycles. The van der Waals surface area contributed by atoms with E-state index in [0.717, 1.165) is 6.07 Å². The van der Waals surface area contributed by atoms with Gasteiger partial charge in [0.15, 0.2) is 11.5 Å². The summed E-state index contributed by atoms with van der Waals surface area (Å²) in [5.74, 6) is -1.83. The van der Waals surface area contributed by atoms with Gasteiger partial charge >= 0.3 is 12.1 Å². The van der Waals surface area contributed by atoms with Crippen LogP contribution in [0.2, 0.25) is 0 Å². The molecule has 3 aromatic carbocycles. The van der Waals surface area contributed by atoms with E-state index in [1.165, 1.54) is 70.9 Å². The third-order valence-electron chi connectivity index (χ3n) is 5.64. The molecule has 0 bridgehead atoms. The van der Waals surface area contributed by atoms with Crippen LogP contribution < -0.4 is 29.1 Å². The van der Waals surface area contributed by atoms with Gasteiger partial charge in [0, 0.05) is 6.07 Å². The first kappa shape index (κ1) is 26.4. The molecule has 0 radical (unpaired) electrons. The molecule has 0 aliphatic carbocycles. The highest BCUT2D eigenvalue weighted by Crippen LogP contribution is 2.40. The summed E-state index contributed by atoms with van der Waals surface area (Å²) >= 11 is 0.